The molecule has 0 aliphatic carbocycles. The van der Waals surface area contributed by atoms with Crippen molar-refractivity contribution in [2.75, 3.05) is 20.6 Å². The van der Waals surface area contributed by atoms with Crippen molar-refractivity contribution in [2.24, 2.45) is 0 Å². The number of carboxylic acid groups (broad SMARTS) is 1. The van der Waals surface area contributed by atoms with E-state index in [2.05, 4.69) is 4.90 Å². The van der Waals surface area contributed by atoms with Crippen molar-refractivity contribution in [3.63, 3.8) is 0 Å². The van der Waals surface area contributed by atoms with Gasteiger partial charge in [0.1, 0.15) is 0 Å². The van der Waals surface area contributed by atoms with Crippen LogP contribution < -0.4 is 0 Å². The van der Waals surface area contributed by atoms with Crippen LogP contribution in [0.25, 0.3) is 0 Å². The Morgan fingerprint density at radius 2 is 1.91 bits per heavy atom. The van der Waals surface area contributed by atoms with Crippen molar-refractivity contribution >= 4 is 5.97 Å². The molecule has 0 aliphatic heterocycles. The highest BCUT2D eigenvalue weighted by Crippen LogP contribution is 1.99. The molecule has 1 N–H and O–H groups in total. The van der Waals surface area contributed by atoms with Gasteiger partial charge in [-0.15, -0.1) is 0 Å². The average Bonchev–Trinajstić information content (AvgIpc) is 1.85. The molecular weight excluding hydrogens is 142 g/mol. The molecule has 0 bridgehead atoms. The SMILES string of the molecule is CN(C)CCCCCC(=O)O. The van der Waals surface area contributed by atoms with E-state index in [1.165, 1.54) is 0 Å². The molecular formula is C8H17NO2. The molecule has 11 heavy (non-hydrogen) atoms. The molecule has 0 saturated heterocycles. The Kier molecular flexibility index (Phi) is 5.84. The van der Waals surface area contributed by atoms with Crippen molar-refractivity contribution in [1.82, 2.24) is 4.90 Å². The molecule has 0 spiro atoms. The highest BCUT2D eigenvalue weighted by molar-refractivity contribution is 5.66. The summed E-state index contributed by atoms with van der Waals surface area (Å²) in [6, 6.07) is 0. The zero-order valence-corrected chi connectivity index (χ0v) is 7.34. The van der Waals surface area contributed by atoms with Crippen LogP contribution in [0.1, 0.15) is 25.7 Å². The van der Waals surface area contributed by atoms with Gasteiger partial charge in [-0.25, -0.2) is 0 Å². The van der Waals surface area contributed by atoms with Crippen molar-refractivity contribution in [1.29, 1.82) is 0 Å². The second-order valence-corrected chi connectivity index (χ2v) is 3.01. The molecule has 0 unspecified atom stereocenters. The number of aliphatic carboxylic acids is 1. The topological polar surface area (TPSA) is 40.5 Å². The van der Waals surface area contributed by atoms with E-state index < -0.39 is 5.97 Å². The zero-order chi connectivity index (χ0) is 8.69. The van der Waals surface area contributed by atoms with Gasteiger partial charge >= 0.3 is 5.97 Å². The Hall–Kier alpha value is -0.570. The summed E-state index contributed by atoms with van der Waals surface area (Å²) in [5, 5.41) is 8.31. The maximum atomic E-state index is 10.1. The second kappa shape index (κ2) is 6.16. The molecule has 66 valence electrons. The van der Waals surface area contributed by atoms with Gasteiger partial charge in [0.05, 0.1) is 0 Å². The Morgan fingerprint density at radius 3 is 2.36 bits per heavy atom. The van der Waals surface area contributed by atoms with Crippen LogP contribution in [0.2, 0.25) is 0 Å². The third-order valence-electron chi connectivity index (χ3n) is 1.50. The third-order valence-corrected chi connectivity index (χ3v) is 1.50. The van der Waals surface area contributed by atoms with Crippen molar-refractivity contribution < 1.29 is 9.90 Å². The summed E-state index contributed by atoms with van der Waals surface area (Å²) in [6.07, 6.45) is 3.24. The molecule has 3 heteroatoms. The minimum Gasteiger partial charge on any atom is -0.481 e. The molecule has 0 fully saturated rings. The Labute approximate surface area is 68.0 Å². The molecule has 0 heterocycles. The van der Waals surface area contributed by atoms with Gasteiger partial charge < -0.3 is 10.0 Å². The lowest BCUT2D eigenvalue weighted by molar-refractivity contribution is -0.137. The fraction of sp³-hybridized carbons (Fsp3) is 0.875. The summed E-state index contributed by atoms with van der Waals surface area (Å²) in [6.45, 7) is 1.06. The van der Waals surface area contributed by atoms with Gasteiger partial charge in [0, 0.05) is 6.42 Å². The van der Waals surface area contributed by atoms with E-state index in [4.69, 9.17) is 5.11 Å². The monoisotopic (exact) mass is 159 g/mol. The van der Waals surface area contributed by atoms with E-state index in [0.29, 0.717) is 6.42 Å². The molecule has 0 aromatic rings. The summed E-state index contributed by atoms with van der Waals surface area (Å²) in [4.78, 5) is 12.2. The number of unbranched alkanes of at least 4 members (excludes halogenated alkanes) is 2. The van der Waals surface area contributed by atoms with E-state index in [1.54, 1.807) is 0 Å². The van der Waals surface area contributed by atoms with Crippen LogP contribution in [0, 0.1) is 0 Å². The predicted octanol–water partition coefficient (Wildman–Crippen LogP) is 1.19. The van der Waals surface area contributed by atoms with Gasteiger partial charge in [-0.1, -0.05) is 6.42 Å². The van der Waals surface area contributed by atoms with Gasteiger partial charge in [0.15, 0.2) is 0 Å². The van der Waals surface area contributed by atoms with Crippen LogP contribution in [0.5, 0.6) is 0 Å². The number of rotatable bonds is 6. The standard InChI is InChI=1S/C8H17NO2/c1-9(2)7-5-3-4-6-8(10)11/h3-7H2,1-2H3,(H,10,11). The largest absolute Gasteiger partial charge is 0.481 e. The lowest BCUT2D eigenvalue weighted by Gasteiger charge is -2.07. The molecule has 0 saturated carbocycles. The first-order chi connectivity index (χ1) is 5.13. The summed E-state index contributed by atoms with van der Waals surface area (Å²) >= 11 is 0. The van der Waals surface area contributed by atoms with Crippen LogP contribution in [-0.2, 0) is 4.79 Å². The van der Waals surface area contributed by atoms with Crippen molar-refractivity contribution in [3.05, 3.63) is 0 Å². The van der Waals surface area contributed by atoms with Crippen LogP contribution in [0.4, 0.5) is 0 Å². The van der Waals surface area contributed by atoms with Gasteiger partial charge in [0.2, 0.25) is 0 Å². The maximum Gasteiger partial charge on any atom is 0.303 e. The second-order valence-electron chi connectivity index (χ2n) is 3.01. The summed E-state index contributed by atoms with van der Waals surface area (Å²) in [5.41, 5.74) is 0. The van der Waals surface area contributed by atoms with Gasteiger partial charge in [-0.3, -0.25) is 4.79 Å². The molecule has 0 aromatic carbocycles. The number of carboxylic acids is 1. The van der Waals surface area contributed by atoms with E-state index in [9.17, 15) is 4.79 Å². The first-order valence-electron chi connectivity index (χ1n) is 3.99. The minimum atomic E-state index is -0.685. The number of hydrogen-bond acceptors (Lipinski definition) is 2. The van der Waals surface area contributed by atoms with E-state index in [1.807, 2.05) is 14.1 Å². The molecule has 0 rings (SSSR count). The smallest absolute Gasteiger partial charge is 0.303 e. The fourth-order valence-electron chi connectivity index (χ4n) is 0.881. The minimum absolute atomic E-state index is 0.313. The maximum absolute atomic E-state index is 10.1. The molecule has 0 amide bonds. The third kappa shape index (κ3) is 9.43. The van der Waals surface area contributed by atoms with Gasteiger partial charge in [-0.05, 0) is 33.5 Å². The van der Waals surface area contributed by atoms with E-state index >= 15 is 0 Å². The fourth-order valence-corrected chi connectivity index (χ4v) is 0.881. The molecule has 0 atom stereocenters. The lowest BCUT2D eigenvalue weighted by Crippen LogP contribution is -2.12. The molecule has 0 radical (unpaired) electrons. The average molecular weight is 159 g/mol. The van der Waals surface area contributed by atoms with Crippen LogP contribution in [0.3, 0.4) is 0 Å². The Bertz CT molecular complexity index is 113. The Balaban J connectivity index is 2.97. The van der Waals surface area contributed by atoms with Crippen molar-refractivity contribution in [2.45, 2.75) is 25.7 Å². The normalized spacial score (nSPS) is 10.5. The number of hydrogen-bond donors (Lipinski definition) is 1. The van der Waals surface area contributed by atoms with Crippen LogP contribution in [-0.4, -0.2) is 36.6 Å². The van der Waals surface area contributed by atoms with Gasteiger partial charge in [-0.2, -0.15) is 0 Å². The summed E-state index contributed by atoms with van der Waals surface area (Å²) in [5.74, 6) is -0.685. The number of nitrogens with zero attached hydrogens (tertiary/aromatic N) is 1. The quantitative estimate of drug-likeness (QED) is 0.592. The van der Waals surface area contributed by atoms with E-state index in [0.717, 1.165) is 25.8 Å². The van der Waals surface area contributed by atoms with Crippen LogP contribution in [0.15, 0.2) is 0 Å². The van der Waals surface area contributed by atoms with E-state index in [-0.39, 0.29) is 0 Å². The molecule has 0 aromatic heterocycles. The first kappa shape index (κ1) is 10.4. The number of carbonyl (C=O) groups is 1. The molecule has 3 nitrogen and oxygen atoms in total. The first-order valence-corrected chi connectivity index (χ1v) is 3.99. The highest BCUT2D eigenvalue weighted by atomic mass is 16.4. The zero-order valence-electron chi connectivity index (χ0n) is 7.34. The van der Waals surface area contributed by atoms with Gasteiger partial charge in [0.25, 0.3) is 0 Å². The Morgan fingerprint density at radius 1 is 1.27 bits per heavy atom. The van der Waals surface area contributed by atoms with Crippen molar-refractivity contribution in [3.8, 4) is 0 Å². The van der Waals surface area contributed by atoms with Crippen LogP contribution >= 0.6 is 0 Å². The summed E-state index contributed by atoms with van der Waals surface area (Å²) < 4.78 is 0. The highest BCUT2D eigenvalue weighted by Gasteiger charge is 1.96. The summed E-state index contributed by atoms with van der Waals surface area (Å²) in [7, 11) is 4.05. The predicted molar refractivity (Wildman–Crippen MR) is 44.7 cm³/mol. The molecule has 0 aliphatic rings. The lowest BCUT2D eigenvalue weighted by atomic mass is 10.2.